The van der Waals surface area contributed by atoms with Crippen molar-refractivity contribution in [3.63, 3.8) is 0 Å². The van der Waals surface area contributed by atoms with Crippen molar-refractivity contribution in [2.24, 2.45) is 5.41 Å². The number of benzene rings is 2. The Bertz CT molecular complexity index is 1720. The lowest BCUT2D eigenvalue weighted by Gasteiger charge is -2.29. The minimum Gasteiger partial charge on any atom is -0.398 e. The van der Waals surface area contributed by atoms with Gasteiger partial charge in [0.15, 0.2) is 0 Å². The molecule has 1 atom stereocenters. The van der Waals surface area contributed by atoms with Crippen LogP contribution in [0.4, 0.5) is 16.2 Å². The number of hydrogen-bond acceptors (Lipinski definition) is 10. The van der Waals surface area contributed by atoms with Crippen molar-refractivity contribution in [1.82, 2.24) is 20.4 Å². The third-order valence-corrected chi connectivity index (χ3v) is 9.42. The third kappa shape index (κ3) is 7.72. The van der Waals surface area contributed by atoms with E-state index in [2.05, 4.69) is 21.6 Å². The zero-order chi connectivity index (χ0) is 35.3. The number of amides is 3. The number of carbonyl (C=O) groups excluding carboxylic acids is 3. The first-order valence-electron chi connectivity index (χ1n) is 16.5. The molecule has 0 aliphatic carbocycles. The molecule has 2 aromatic carbocycles. The molecule has 1 spiro atoms. The second kappa shape index (κ2) is 14.9. The van der Waals surface area contributed by atoms with Crippen molar-refractivity contribution >= 4 is 52.7 Å². The summed E-state index contributed by atoms with van der Waals surface area (Å²) in [5.41, 5.74) is 10.3. The lowest BCUT2D eigenvalue weighted by Crippen LogP contribution is -2.43. The van der Waals surface area contributed by atoms with Crippen LogP contribution in [0.25, 0.3) is 5.57 Å². The number of anilines is 2. The van der Waals surface area contributed by atoms with Gasteiger partial charge in [0, 0.05) is 79.8 Å². The summed E-state index contributed by atoms with van der Waals surface area (Å²) in [4.78, 5) is 44.3. The smallest absolute Gasteiger partial charge is 0.398 e. The summed E-state index contributed by atoms with van der Waals surface area (Å²) in [5, 5.41) is 29.9. The van der Waals surface area contributed by atoms with Crippen LogP contribution in [-0.2, 0) is 14.3 Å². The van der Waals surface area contributed by atoms with Crippen molar-refractivity contribution < 1.29 is 19.1 Å². The maximum Gasteiger partial charge on any atom is 0.413 e. The number of allylic oxidation sites excluding steroid dienone is 1. The van der Waals surface area contributed by atoms with Crippen LogP contribution in [0.1, 0.15) is 49.8 Å². The van der Waals surface area contributed by atoms with Crippen LogP contribution in [-0.4, -0.2) is 97.9 Å². The molecule has 0 unspecified atom stereocenters. The van der Waals surface area contributed by atoms with Crippen molar-refractivity contribution in [1.29, 1.82) is 16.2 Å². The molecule has 0 radical (unpaired) electrons. The van der Waals surface area contributed by atoms with Crippen molar-refractivity contribution in [3.05, 3.63) is 77.0 Å². The number of hydrogen-bond donors (Lipinski definition) is 6. The van der Waals surface area contributed by atoms with Crippen LogP contribution in [0, 0.1) is 21.6 Å². The first-order valence-corrected chi connectivity index (χ1v) is 16.5. The summed E-state index contributed by atoms with van der Waals surface area (Å²) in [6.45, 7) is 7.01. The first kappa shape index (κ1) is 35.0. The van der Waals surface area contributed by atoms with E-state index in [0.717, 1.165) is 17.4 Å². The second-order valence-electron chi connectivity index (χ2n) is 13.0. The van der Waals surface area contributed by atoms with E-state index in [-0.39, 0.29) is 36.0 Å². The number of alkyl carbamates (subject to hydrolysis) is 1. The number of ether oxygens (including phenoxy) is 1. The number of nitrogens with zero attached hydrogens (tertiary/aromatic N) is 3. The molecule has 3 aliphatic rings. The molecule has 3 aliphatic heterocycles. The van der Waals surface area contributed by atoms with Gasteiger partial charge in [-0.2, -0.15) is 0 Å². The zero-order valence-corrected chi connectivity index (χ0v) is 28.3. The molecule has 2 aromatic rings. The zero-order valence-electron chi connectivity index (χ0n) is 28.3. The Balaban J connectivity index is 1.17. The Morgan fingerprint density at radius 1 is 1.08 bits per heavy atom. The number of rotatable bonds is 10. The number of nitrogen functional groups attached to an aromatic ring is 1. The largest absolute Gasteiger partial charge is 0.413 e. The SMILES string of the molecule is CNC(=O)OC(=N)c1ccc(C2=CCN(C(=O)CN3CC[C@]4(CCN(c5ccc(N)c(C(=N)/C(C=N)=C/NC(C)C)c5)C4=O)C3)CC2)cc1. The monoisotopic (exact) mass is 667 g/mol. The number of likely N-dealkylation sites (tertiary alicyclic amines) is 1. The summed E-state index contributed by atoms with van der Waals surface area (Å²) in [6.07, 6.45) is 6.18. The van der Waals surface area contributed by atoms with E-state index in [1.807, 2.05) is 30.9 Å². The van der Waals surface area contributed by atoms with Gasteiger partial charge in [-0.1, -0.05) is 18.2 Å². The van der Waals surface area contributed by atoms with Crippen molar-refractivity contribution in [3.8, 4) is 0 Å². The van der Waals surface area contributed by atoms with Crippen molar-refractivity contribution in [2.75, 3.05) is 56.9 Å². The lowest BCUT2D eigenvalue weighted by molar-refractivity contribution is -0.132. The molecular weight excluding hydrogens is 622 g/mol. The standard InChI is InChI=1S/C36H45N9O4/c1-23(2)42-20-27(19-37)32(39)29-18-28(8-9-30(29)38)45-17-13-36(34(45)47)12-16-43(22-36)21-31(46)44-14-10-25(11-15-44)24-4-6-26(7-5-24)33(40)49-35(48)41-3/h4-10,18-20,23,37,39-40,42H,11-17,21-22,38H2,1-3H3,(H,41,48)/b27-20+,37-19?,39-32?,40-33?/t36-/m0/s1. The molecule has 13 heteroatoms. The minimum absolute atomic E-state index is 0.0286. The molecule has 0 bridgehead atoms. The molecule has 49 heavy (non-hydrogen) atoms. The van der Waals surface area contributed by atoms with Crippen LogP contribution >= 0.6 is 0 Å². The molecular formula is C36H45N9O4. The van der Waals surface area contributed by atoms with Crippen LogP contribution in [0.15, 0.2) is 60.3 Å². The van der Waals surface area contributed by atoms with Gasteiger partial charge in [-0.05, 0) is 81.1 Å². The molecule has 3 heterocycles. The summed E-state index contributed by atoms with van der Waals surface area (Å²) in [7, 11) is 1.43. The Kier molecular flexibility index (Phi) is 10.6. The van der Waals surface area contributed by atoms with Gasteiger partial charge >= 0.3 is 6.09 Å². The van der Waals surface area contributed by atoms with Crippen LogP contribution in [0.2, 0.25) is 0 Å². The molecule has 0 saturated carbocycles. The van der Waals surface area contributed by atoms with E-state index < -0.39 is 11.5 Å². The van der Waals surface area contributed by atoms with Crippen LogP contribution < -0.4 is 21.3 Å². The molecule has 0 aromatic heterocycles. The molecule has 5 rings (SSSR count). The number of nitrogens with two attached hydrogens (primary N) is 1. The normalized spacial score (nSPS) is 19.6. The maximum absolute atomic E-state index is 13.9. The van der Waals surface area contributed by atoms with Gasteiger partial charge in [-0.3, -0.25) is 25.3 Å². The summed E-state index contributed by atoms with van der Waals surface area (Å²) >= 11 is 0. The van der Waals surface area contributed by atoms with Gasteiger partial charge in [0.1, 0.15) is 0 Å². The van der Waals surface area contributed by atoms with E-state index in [0.29, 0.717) is 80.1 Å². The van der Waals surface area contributed by atoms with Gasteiger partial charge < -0.3 is 36.3 Å². The molecule has 2 saturated heterocycles. The molecule has 258 valence electrons. The van der Waals surface area contributed by atoms with Gasteiger partial charge in [0.2, 0.25) is 17.7 Å². The van der Waals surface area contributed by atoms with E-state index in [4.69, 9.17) is 26.7 Å². The fraction of sp³-hybridized carbons (Fsp3) is 0.389. The van der Waals surface area contributed by atoms with Gasteiger partial charge in [-0.25, -0.2) is 4.79 Å². The Hall–Kier alpha value is -5.30. The van der Waals surface area contributed by atoms with E-state index in [1.54, 1.807) is 41.4 Å². The van der Waals surface area contributed by atoms with E-state index in [1.165, 1.54) is 7.05 Å². The summed E-state index contributed by atoms with van der Waals surface area (Å²) in [5.74, 6) is -0.164. The quantitative estimate of drug-likeness (QED) is 0.127. The highest BCUT2D eigenvalue weighted by molar-refractivity contribution is 6.24. The highest BCUT2D eigenvalue weighted by Gasteiger charge is 2.51. The molecule has 2 fully saturated rings. The fourth-order valence-electron chi connectivity index (χ4n) is 6.55. The minimum atomic E-state index is -0.692. The van der Waals surface area contributed by atoms with E-state index >= 15 is 0 Å². The number of nitrogens with one attached hydrogen (secondary N) is 5. The average molecular weight is 668 g/mol. The van der Waals surface area contributed by atoms with Crippen molar-refractivity contribution in [2.45, 2.75) is 39.2 Å². The van der Waals surface area contributed by atoms with Crippen LogP contribution in [0.3, 0.4) is 0 Å². The highest BCUT2D eigenvalue weighted by atomic mass is 16.6. The average Bonchev–Trinajstić information content (AvgIpc) is 3.66. The Morgan fingerprint density at radius 2 is 1.82 bits per heavy atom. The van der Waals surface area contributed by atoms with Gasteiger partial charge in [-0.15, -0.1) is 0 Å². The predicted molar refractivity (Wildman–Crippen MR) is 191 cm³/mol. The third-order valence-electron chi connectivity index (χ3n) is 9.42. The van der Waals surface area contributed by atoms with E-state index in [9.17, 15) is 14.4 Å². The molecule has 7 N–H and O–H groups in total. The highest BCUT2D eigenvalue weighted by Crippen LogP contribution is 2.43. The Morgan fingerprint density at radius 3 is 2.47 bits per heavy atom. The maximum atomic E-state index is 13.9. The second-order valence-corrected chi connectivity index (χ2v) is 13.0. The lowest BCUT2D eigenvalue weighted by atomic mass is 9.85. The summed E-state index contributed by atoms with van der Waals surface area (Å²) in [6, 6.07) is 12.7. The fourth-order valence-corrected chi connectivity index (χ4v) is 6.55. The summed E-state index contributed by atoms with van der Waals surface area (Å²) < 4.78 is 4.90. The first-order chi connectivity index (χ1) is 23.4. The Labute approximate surface area is 286 Å². The number of carbonyl (C=O) groups is 3. The van der Waals surface area contributed by atoms with Gasteiger partial charge in [0.05, 0.1) is 17.7 Å². The molecule has 3 amide bonds. The van der Waals surface area contributed by atoms with Gasteiger partial charge in [0.25, 0.3) is 0 Å². The topological polar surface area (TPSA) is 192 Å². The van der Waals surface area contributed by atoms with Crippen LogP contribution in [0.5, 0.6) is 0 Å². The molecule has 13 nitrogen and oxygen atoms in total. The predicted octanol–water partition coefficient (Wildman–Crippen LogP) is 3.59.